The van der Waals surface area contributed by atoms with Gasteiger partial charge < -0.3 is 20.7 Å². The van der Waals surface area contributed by atoms with Crippen molar-refractivity contribution in [2.75, 3.05) is 11.9 Å². The van der Waals surface area contributed by atoms with Crippen molar-refractivity contribution in [3.63, 3.8) is 0 Å². The maximum Gasteiger partial charge on any atom is 0.407 e. The van der Waals surface area contributed by atoms with Gasteiger partial charge in [0.2, 0.25) is 11.8 Å². The molecular formula is C24H35N3O4. The van der Waals surface area contributed by atoms with E-state index in [0.29, 0.717) is 12.2 Å². The molecule has 0 aliphatic heterocycles. The van der Waals surface area contributed by atoms with Gasteiger partial charge in [0.05, 0.1) is 5.54 Å². The van der Waals surface area contributed by atoms with Crippen molar-refractivity contribution >= 4 is 29.7 Å². The highest BCUT2D eigenvalue weighted by Crippen LogP contribution is 2.33. The summed E-state index contributed by atoms with van der Waals surface area (Å²) in [5.74, 6) is -0.106. The summed E-state index contributed by atoms with van der Waals surface area (Å²) in [6.07, 6.45) is 6.66. The van der Waals surface area contributed by atoms with E-state index >= 15 is 0 Å². The Morgan fingerprint density at radius 2 is 1.84 bits per heavy atom. The van der Waals surface area contributed by atoms with Gasteiger partial charge in [0.15, 0.2) is 0 Å². The number of amides is 3. The lowest BCUT2D eigenvalue weighted by molar-refractivity contribution is -0.119. The van der Waals surface area contributed by atoms with Crippen LogP contribution in [0.1, 0.15) is 65.9 Å². The molecule has 0 spiro atoms. The molecule has 7 nitrogen and oxygen atoms in total. The average molecular weight is 430 g/mol. The molecule has 0 radical (unpaired) electrons. The Morgan fingerprint density at radius 1 is 1.16 bits per heavy atom. The zero-order valence-corrected chi connectivity index (χ0v) is 19.2. The Bertz CT molecular complexity index is 811. The molecule has 1 saturated carbocycles. The standard InChI is InChI=1S/C24H35N3O4/c1-17-8-6-7-15-24(17,16-25-22(30)31-23(3,4)5)27-21(29)14-11-19-9-12-20(13-10-19)26-18(2)28/h9-14,17H,6-8,15-16H2,1-5H3,(H,25,30)(H,26,28)(H,27,29)/b14-11-/t17-,24+/m1/s1. The van der Waals surface area contributed by atoms with E-state index in [1.807, 2.05) is 32.9 Å². The van der Waals surface area contributed by atoms with Crippen LogP contribution in [0.25, 0.3) is 6.08 Å². The number of anilines is 1. The molecule has 0 saturated heterocycles. The van der Waals surface area contributed by atoms with Gasteiger partial charge in [-0.15, -0.1) is 0 Å². The first-order valence-corrected chi connectivity index (χ1v) is 10.8. The van der Waals surface area contributed by atoms with E-state index in [9.17, 15) is 14.4 Å². The van der Waals surface area contributed by atoms with E-state index in [0.717, 1.165) is 31.2 Å². The summed E-state index contributed by atoms with van der Waals surface area (Å²) >= 11 is 0. The summed E-state index contributed by atoms with van der Waals surface area (Å²) in [6, 6.07) is 7.24. The molecule has 0 heterocycles. The van der Waals surface area contributed by atoms with Gasteiger partial charge in [-0.25, -0.2) is 4.79 Å². The highest BCUT2D eigenvalue weighted by Gasteiger charge is 2.39. The second kappa shape index (κ2) is 10.5. The van der Waals surface area contributed by atoms with Gasteiger partial charge >= 0.3 is 6.09 Å². The van der Waals surface area contributed by atoms with E-state index in [4.69, 9.17) is 4.74 Å². The highest BCUT2D eigenvalue weighted by molar-refractivity contribution is 5.92. The molecule has 1 aliphatic carbocycles. The number of carbonyl (C=O) groups is 3. The van der Waals surface area contributed by atoms with E-state index in [1.165, 1.54) is 13.0 Å². The molecule has 0 unspecified atom stereocenters. The van der Waals surface area contributed by atoms with Crippen molar-refractivity contribution < 1.29 is 19.1 Å². The van der Waals surface area contributed by atoms with Crippen LogP contribution in [0, 0.1) is 5.92 Å². The fourth-order valence-corrected chi connectivity index (χ4v) is 3.79. The quantitative estimate of drug-likeness (QED) is 0.589. The van der Waals surface area contributed by atoms with Crippen LogP contribution in [0.3, 0.4) is 0 Å². The first-order valence-electron chi connectivity index (χ1n) is 10.8. The number of hydrogen-bond acceptors (Lipinski definition) is 4. The van der Waals surface area contributed by atoms with Gasteiger partial charge in [-0.2, -0.15) is 0 Å². The minimum absolute atomic E-state index is 0.130. The van der Waals surface area contributed by atoms with Crippen LogP contribution < -0.4 is 16.0 Å². The smallest absolute Gasteiger partial charge is 0.407 e. The number of benzene rings is 1. The van der Waals surface area contributed by atoms with Crippen molar-refractivity contribution in [1.82, 2.24) is 10.6 Å². The molecule has 1 aliphatic rings. The van der Waals surface area contributed by atoms with Crippen molar-refractivity contribution in [3.05, 3.63) is 35.9 Å². The van der Waals surface area contributed by atoms with Crippen molar-refractivity contribution in [2.24, 2.45) is 5.92 Å². The van der Waals surface area contributed by atoms with Crippen LogP contribution in [-0.2, 0) is 14.3 Å². The van der Waals surface area contributed by atoms with Crippen LogP contribution in [-0.4, -0.2) is 35.6 Å². The Morgan fingerprint density at radius 3 is 2.42 bits per heavy atom. The van der Waals surface area contributed by atoms with E-state index in [-0.39, 0.29) is 17.7 Å². The second-order valence-electron chi connectivity index (χ2n) is 9.28. The van der Waals surface area contributed by atoms with E-state index < -0.39 is 17.2 Å². The molecule has 0 bridgehead atoms. The van der Waals surface area contributed by atoms with Crippen molar-refractivity contribution in [2.45, 2.75) is 71.4 Å². The van der Waals surface area contributed by atoms with Gasteiger partial charge in [-0.1, -0.05) is 31.9 Å². The first kappa shape index (κ1) is 24.4. The zero-order chi connectivity index (χ0) is 23.1. The lowest BCUT2D eigenvalue weighted by atomic mass is 9.73. The van der Waals surface area contributed by atoms with Gasteiger partial charge in [0.25, 0.3) is 0 Å². The summed E-state index contributed by atoms with van der Waals surface area (Å²) in [4.78, 5) is 36.0. The molecule has 3 N–H and O–H groups in total. The van der Waals surface area contributed by atoms with E-state index in [1.54, 1.807) is 18.2 Å². The Balaban J connectivity index is 2.03. The summed E-state index contributed by atoms with van der Waals surface area (Å²) in [5, 5.41) is 8.71. The molecule has 2 rings (SSSR count). The monoisotopic (exact) mass is 429 g/mol. The maximum atomic E-state index is 12.7. The maximum absolute atomic E-state index is 12.7. The van der Waals surface area contributed by atoms with E-state index in [2.05, 4.69) is 22.9 Å². The van der Waals surface area contributed by atoms with Gasteiger partial charge in [0, 0.05) is 25.2 Å². The number of hydrogen-bond donors (Lipinski definition) is 3. The number of alkyl carbamates (subject to hydrolysis) is 1. The molecule has 0 aromatic heterocycles. The predicted octanol–water partition coefficient (Wildman–Crippen LogP) is 4.25. The minimum atomic E-state index is -0.573. The van der Waals surface area contributed by atoms with Crippen LogP contribution in [0.4, 0.5) is 10.5 Å². The third-order valence-corrected chi connectivity index (χ3v) is 5.43. The molecule has 3 amide bonds. The fraction of sp³-hybridized carbons (Fsp3) is 0.542. The summed E-state index contributed by atoms with van der Waals surface area (Å²) < 4.78 is 5.35. The number of nitrogens with one attached hydrogen (secondary N) is 3. The summed E-state index contributed by atoms with van der Waals surface area (Å²) in [6.45, 7) is 9.36. The van der Waals surface area contributed by atoms with Gasteiger partial charge in [-0.3, -0.25) is 9.59 Å². The molecule has 170 valence electrons. The van der Waals surface area contributed by atoms with Crippen LogP contribution in [0.5, 0.6) is 0 Å². The predicted molar refractivity (Wildman–Crippen MR) is 123 cm³/mol. The van der Waals surface area contributed by atoms with Gasteiger partial charge in [0.1, 0.15) is 5.60 Å². The summed E-state index contributed by atoms with van der Waals surface area (Å²) in [5.41, 5.74) is 0.474. The minimum Gasteiger partial charge on any atom is -0.444 e. The fourth-order valence-electron chi connectivity index (χ4n) is 3.79. The second-order valence-corrected chi connectivity index (χ2v) is 9.28. The highest BCUT2D eigenvalue weighted by atomic mass is 16.6. The van der Waals surface area contributed by atoms with Crippen LogP contribution in [0.2, 0.25) is 0 Å². The van der Waals surface area contributed by atoms with Crippen molar-refractivity contribution in [1.29, 1.82) is 0 Å². The third kappa shape index (κ3) is 8.07. The molecule has 2 atom stereocenters. The number of rotatable bonds is 6. The number of carbonyl (C=O) groups excluding carboxylic acids is 3. The Labute approximate surface area is 185 Å². The zero-order valence-electron chi connectivity index (χ0n) is 19.2. The normalized spacial score (nSPS) is 21.4. The molecule has 1 aromatic rings. The topological polar surface area (TPSA) is 96.5 Å². The lowest BCUT2D eigenvalue weighted by Gasteiger charge is -2.43. The average Bonchev–Trinajstić information content (AvgIpc) is 2.66. The SMILES string of the molecule is CC(=O)Nc1ccc(/C=C\C(=O)N[C@]2(CNC(=O)OC(C)(C)C)CCCC[C@H]2C)cc1. The molecule has 7 heteroatoms. The van der Waals surface area contributed by atoms with Crippen LogP contribution in [0.15, 0.2) is 30.3 Å². The lowest BCUT2D eigenvalue weighted by Crippen LogP contribution is -2.60. The van der Waals surface area contributed by atoms with Crippen molar-refractivity contribution in [3.8, 4) is 0 Å². The third-order valence-electron chi connectivity index (χ3n) is 5.43. The Hall–Kier alpha value is -2.83. The number of ether oxygens (including phenoxy) is 1. The molecule has 31 heavy (non-hydrogen) atoms. The Kier molecular flexibility index (Phi) is 8.25. The van der Waals surface area contributed by atoms with Gasteiger partial charge in [-0.05, 0) is 63.3 Å². The largest absolute Gasteiger partial charge is 0.444 e. The molecule has 1 fully saturated rings. The first-order chi connectivity index (χ1) is 14.5. The molecular weight excluding hydrogens is 394 g/mol. The molecule has 1 aromatic carbocycles. The van der Waals surface area contributed by atoms with Crippen LogP contribution >= 0.6 is 0 Å². The summed E-state index contributed by atoms with van der Waals surface area (Å²) in [7, 11) is 0.